The second kappa shape index (κ2) is 3.81. The van der Waals surface area contributed by atoms with Gasteiger partial charge >= 0.3 is 0 Å². The first kappa shape index (κ1) is 9.76. The number of halogens is 1. The summed E-state index contributed by atoms with van der Waals surface area (Å²) in [7, 11) is 0. The van der Waals surface area contributed by atoms with Gasteiger partial charge in [0, 0.05) is 17.8 Å². The topological polar surface area (TPSA) is 29.1 Å². The highest BCUT2D eigenvalue weighted by atomic mass is 35.5. The standard InChI is InChI=1S/C7H14ClNO/c1-7(2,3)6(10)9-5-4-8/h4-5H2,1-3H3,(H,9,10). The molecular formula is C7H14ClNO. The van der Waals surface area contributed by atoms with E-state index < -0.39 is 0 Å². The van der Waals surface area contributed by atoms with Crippen LogP contribution in [0.3, 0.4) is 0 Å². The lowest BCUT2D eigenvalue weighted by Gasteiger charge is -2.16. The Morgan fingerprint density at radius 1 is 1.50 bits per heavy atom. The molecular weight excluding hydrogens is 150 g/mol. The summed E-state index contributed by atoms with van der Waals surface area (Å²) in [6.45, 7) is 6.17. The summed E-state index contributed by atoms with van der Waals surface area (Å²) in [4.78, 5) is 11.1. The molecule has 0 spiro atoms. The zero-order valence-electron chi connectivity index (χ0n) is 6.70. The molecule has 1 amide bonds. The van der Waals surface area contributed by atoms with E-state index in [1.807, 2.05) is 20.8 Å². The minimum absolute atomic E-state index is 0.0492. The van der Waals surface area contributed by atoms with Crippen LogP contribution < -0.4 is 5.32 Å². The first-order valence-corrected chi connectivity index (χ1v) is 3.86. The summed E-state index contributed by atoms with van der Waals surface area (Å²) in [5.41, 5.74) is -0.300. The van der Waals surface area contributed by atoms with E-state index in [1.165, 1.54) is 0 Å². The van der Waals surface area contributed by atoms with Gasteiger partial charge in [0.1, 0.15) is 0 Å². The Balaban J connectivity index is 3.64. The van der Waals surface area contributed by atoms with E-state index in [1.54, 1.807) is 0 Å². The van der Waals surface area contributed by atoms with Crippen molar-refractivity contribution in [2.24, 2.45) is 5.41 Å². The van der Waals surface area contributed by atoms with Crippen molar-refractivity contribution in [2.75, 3.05) is 12.4 Å². The highest BCUT2D eigenvalue weighted by Crippen LogP contribution is 2.11. The molecule has 0 rings (SSSR count). The number of hydrogen-bond acceptors (Lipinski definition) is 1. The van der Waals surface area contributed by atoms with Gasteiger partial charge in [-0.15, -0.1) is 11.6 Å². The predicted molar refractivity (Wildman–Crippen MR) is 43.2 cm³/mol. The molecule has 0 atom stereocenters. The van der Waals surface area contributed by atoms with Gasteiger partial charge in [-0.3, -0.25) is 4.79 Å². The summed E-state index contributed by atoms with van der Waals surface area (Å²) in [6, 6.07) is 0. The van der Waals surface area contributed by atoms with Crippen LogP contribution in [0.25, 0.3) is 0 Å². The summed E-state index contributed by atoms with van der Waals surface area (Å²) in [5, 5.41) is 2.70. The van der Waals surface area contributed by atoms with Crippen molar-refractivity contribution in [1.29, 1.82) is 0 Å². The molecule has 0 bridgehead atoms. The van der Waals surface area contributed by atoms with Crippen LogP contribution in [0.5, 0.6) is 0 Å². The number of hydrogen-bond donors (Lipinski definition) is 1. The molecule has 0 heterocycles. The highest BCUT2D eigenvalue weighted by Gasteiger charge is 2.19. The Morgan fingerprint density at radius 3 is 2.30 bits per heavy atom. The van der Waals surface area contributed by atoms with Crippen LogP contribution in [0, 0.1) is 5.41 Å². The van der Waals surface area contributed by atoms with E-state index in [-0.39, 0.29) is 11.3 Å². The molecule has 3 heteroatoms. The molecule has 0 saturated heterocycles. The van der Waals surface area contributed by atoms with E-state index in [0.717, 1.165) is 0 Å². The van der Waals surface area contributed by atoms with E-state index in [9.17, 15) is 4.79 Å². The lowest BCUT2D eigenvalue weighted by molar-refractivity contribution is -0.128. The summed E-state index contributed by atoms with van der Waals surface area (Å²) >= 11 is 5.38. The summed E-state index contributed by atoms with van der Waals surface area (Å²) < 4.78 is 0. The van der Waals surface area contributed by atoms with Gasteiger partial charge in [-0.05, 0) is 0 Å². The fourth-order valence-electron chi connectivity index (χ4n) is 0.426. The van der Waals surface area contributed by atoms with Gasteiger partial charge in [0.2, 0.25) is 5.91 Å². The fraction of sp³-hybridized carbons (Fsp3) is 0.857. The molecule has 0 aromatic carbocycles. The third-order valence-corrected chi connectivity index (χ3v) is 1.25. The van der Waals surface area contributed by atoms with E-state index in [0.29, 0.717) is 12.4 Å². The molecule has 0 aliphatic heterocycles. The summed E-state index contributed by atoms with van der Waals surface area (Å²) in [5.74, 6) is 0.523. The van der Waals surface area contributed by atoms with Gasteiger partial charge in [0.15, 0.2) is 0 Å². The third-order valence-electron chi connectivity index (χ3n) is 1.06. The average molecular weight is 164 g/mol. The molecule has 60 valence electrons. The SMILES string of the molecule is CC(C)(C)C(=O)NCCCl. The van der Waals surface area contributed by atoms with Crippen molar-refractivity contribution in [3.63, 3.8) is 0 Å². The molecule has 0 radical (unpaired) electrons. The molecule has 0 aromatic rings. The molecule has 0 aliphatic carbocycles. The molecule has 0 saturated carbocycles. The van der Waals surface area contributed by atoms with Crippen molar-refractivity contribution in [1.82, 2.24) is 5.32 Å². The Bertz CT molecular complexity index is 117. The van der Waals surface area contributed by atoms with Gasteiger partial charge in [-0.1, -0.05) is 20.8 Å². The second-order valence-electron chi connectivity index (χ2n) is 3.19. The Hall–Kier alpha value is -0.240. The van der Waals surface area contributed by atoms with E-state index in [2.05, 4.69) is 5.32 Å². The van der Waals surface area contributed by atoms with E-state index in [4.69, 9.17) is 11.6 Å². The number of amides is 1. The smallest absolute Gasteiger partial charge is 0.225 e. The Morgan fingerprint density at radius 2 is 2.00 bits per heavy atom. The minimum atomic E-state index is -0.300. The van der Waals surface area contributed by atoms with Crippen molar-refractivity contribution in [3.05, 3.63) is 0 Å². The van der Waals surface area contributed by atoms with Crippen LogP contribution in [0.1, 0.15) is 20.8 Å². The number of carbonyl (C=O) groups is 1. The second-order valence-corrected chi connectivity index (χ2v) is 3.57. The Kier molecular flexibility index (Phi) is 3.72. The number of rotatable bonds is 2. The molecule has 2 nitrogen and oxygen atoms in total. The normalized spacial score (nSPS) is 11.2. The maximum atomic E-state index is 11.1. The highest BCUT2D eigenvalue weighted by molar-refractivity contribution is 6.18. The van der Waals surface area contributed by atoms with Gasteiger partial charge in [-0.25, -0.2) is 0 Å². The first-order valence-electron chi connectivity index (χ1n) is 3.32. The molecule has 0 fully saturated rings. The number of alkyl halides is 1. The maximum Gasteiger partial charge on any atom is 0.225 e. The quantitative estimate of drug-likeness (QED) is 0.613. The van der Waals surface area contributed by atoms with Gasteiger partial charge in [-0.2, -0.15) is 0 Å². The molecule has 0 aromatic heterocycles. The van der Waals surface area contributed by atoms with Gasteiger partial charge in [0.05, 0.1) is 0 Å². The van der Waals surface area contributed by atoms with Crippen molar-refractivity contribution >= 4 is 17.5 Å². The van der Waals surface area contributed by atoms with Crippen LogP contribution in [-0.2, 0) is 4.79 Å². The number of nitrogens with one attached hydrogen (secondary N) is 1. The number of carbonyl (C=O) groups excluding carboxylic acids is 1. The monoisotopic (exact) mass is 163 g/mol. The van der Waals surface area contributed by atoms with Crippen molar-refractivity contribution in [2.45, 2.75) is 20.8 Å². The zero-order valence-corrected chi connectivity index (χ0v) is 7.46. The van der Waals surface area contributed by atoms with Crippen LogP contribution in [0.4, 0.5) is 0 Å². The van der Waals surface area contributed by atoms with Gasteiger partial charge in [0.25, 0.3) is 0 Å². The lowest BCUT2D eigenvalue weighted by Crippen LogP contribution is -2.35. The zero-order chi connectivity index (χ0) is 8.20. The Labute approximate surface area is 66.9 Å². The minimum Gasteiger partial charge on any atom is -0.354 e. The predicted octanol–water partition coefficient (Wildman–Crippen LogP) is 1.39. The van der Waals surface area contributed by atoms with Crippen molar-refractivity contribution < 1.29 is 4.79 Å². The van der Waals surface area contributed by atoms with Gasteiger partial charge < -0.3 is 5.32 Å². The van der Waals surface area contributed by atoms with E-state index >= 15 is 0 Å². The lowest BCUT2D eigenvalue weighted by atomic mass is 9.96. The summed E-state index contributed by atoms with van der Waals surface area (Å²) in [6.07, 6.45) is 0. The largest absolute Gasteiger partial charge is 0.354 e. The van der Waals surface area contributed by atoms with Crippen LogP contribution >= 0.6 is 11.6 Å². The van der Waals surface area contributed by atoms with Crippen LogP contribution in [0.15, 0.2) is 0 Å². The van der Waals surface area contributed by atoms with Crippen LogP contribution in [0.2, 0.25) is 0 Å². The van der Waals surface area contributed by atoms with Crippen LogP contribution in [-0.4, -0.2) is 18.3 Å². The molecule has 0 aliphatic rings. The first-order chi connectivity index (χ1) is 4.48. The maximum absolute atomic E-state index is 11.1. The average Bonchev–Trinajstić information content (AvgIpc) is 1.80. The van der Waals surface area contributed by atoms with Crippen molar-refractivity contribution in [3.8, 4) is 0 Å². The third kappa shape index (κ3) is 3.72. The molecule has 10 heavy (non-hydrogen) atoms. The molecule has 0 unspecified atom stereocenters. The fourth-order valence-corrected chi connectivity index (χ4v) is 0.520. The molecule has 1 N–H and O–H groups in total.